The van der Waals surface area contributed by atoms with E-state index in [0.717, 1.165) is 5.56 Å². The van der Waals surface area contributed by atoms with Gasteiger partial charge in [-0.05, 0) is 47.9 Å². The summed E-state index contributed by atoms with van der Waals surface area (Å²) in [6, 6.07) is 9.78. The molecule has 11 heteroatoms. The Morgan fingerprint density at radius 1 is 1.00 bits per heavy atom. The number of aliphatic hydroxyl groups is 4. The second-order valence-electron chi connectivity index (χ2n) is 8.11. The van der Waals surface area contributed by atoms with Crippen molar-refractivity contribution < 1.29 is 49.3 Å². The van der Waals surface area contributed by atoms with Gasteiger partial charge in [0.05, 0.1) is 20.8 Å². The highest BCUT2D eigenvalue weighted by atomic mass is 16.7. The summed E-state index contributed by atoms with van der Waals surface area (Å²) in [5.41, 5.74) is 1.53. The lowest BCUT2D eigenvalue weighted by Gasteiger charge is -2.39. The average molecular weight is 506 g/mol. The molecule has 0 bridgehead atoms. The van der Waals surface area contributed by atoms with Crippen LogP contribution in [0, 0.1) is 0 Å². The summed E-state index contributed by atoms with van der Waals surface area (Å²) in [4.78, 5) is 12.1. The highest BCUT2D eigenvalue weighted by Gasteiger charge is 2.44. The first kappa shape index (κ1) is 27.2. The zero-order valence-electron chi connectivity index (χ0n) is 19.9. The van der Waals surface area contributed by atoms with Crippen molar-refractivity contribution in [3.8, 4) is 23.0 Å². The Hall–Kier alpha value is -3.35. The van der Waals surface area contributed by atoms with E-state index < -0.39 is 37.3 Å². The van der Waals surface area contributed by atoms with Gasteiger partial charge in [-0.3, -0.25) is 4.79 Å². The Labute approximate surface area is 208 Å². The molecule has 0 saturated carbocycles. The molecule has 6 N–H and O–H groups in total. The highest BCUT2D eigenvalue weighted by Crippen LogP contribution is 2.32. The summed E-state index contributed by atoms with van der Waals surface area (Å²) in [6.45, 7) is -0.219. The fraction of sp³-hybridized carbons (Fsp3) is 0.400. The summed E-state index contributed by atoms with van der Waals surface area (Å²) in [5.74, 6) is 0.583. The number of ether oxygens (including phenoxy) is 4. The summed E-state index contributed by atoms with van der Waals surface area (Å²) in [5, 5.41) is 51.8. The first-order valence-electron chi connectivity index (χ1n) is 11.2. The van der Waals surface area contributed by atoms with Crippen LogP contribution < -0.4 is 19.5 Å². The van der Waals surface area contributed by atoms with Crippen LogP contribution in [0.25, 0.3) is 6.08 Å². The summed E-state index contributed by atoms with van der Waals surface area (Å²) in [6.07, 6.45) is -3.54. The predicted octanol–water partition coefficient (Wildman–Crippen LogP) is -0.0398. The van der Waals surface area contributed by atoms with E-state index in [-0.39, 0.29) is 17.4 Å². The van der Waals surface area contributed by atoms with Gasteiger partial charge < -0.3 is 49.8 Å². The number of aromatic hydroxyl groups is 1. The number of aliphatic hydroxyl groups excluding tert-OH is 4. The van der Waals surface area contributed by atoms with Gasteiger partial charge in [-0.25, -0.2) is 0 Å². The van der Waals surface area contributed by atoms with Gasteiger partial charge in [0, 0.05) is 12.6 Å². The number of carbonyl (C=O) groups is 1. The molecule has 0 aromatic heterocycles. The number of hydrogen-bond acceptors (Lipinski definition) is 10. The summed E-state index contributed by atoms with van der Waals surface area (Å²) >= 11 is 0. The van der Waals surface area contributed by atoms with Crippen LogP contribution in [0.1, 0.15) is 11.1 Å². The quantitative estimate of drug-likeness (QED) is 0.241. The third-order valence-corrected chi connectivity index (χ3v) is 5.66. The molecule has 196 valence electrons. The van der Waals surface area contributed by atoms with Crippen LogP contribution >= 0.6 is 0 Å². The van der Waals surface area contributed by atoms with Gasteiger partial charge in [0.1, 0.15) is 24.4 Å². The molecule has 1 aliphatic heterocycles. The van der Waals surface area contributed by atoms with E-state index in [9.17, 15) is 30.3 Å². The molecule has 2 aromatic rings. The highest BCUT2D eigenvalue weighted by molar-refractivity contribution is 5.91. The number of rotatable bonds is 10. The molecule has 1 fully saturated rings. The van der Waals surface area contributed by atoms with Crippen LogP contribution in [-0.4, -0.2) is 89.5 Å². The van der Waals surface area contributed by atoms with Crippen molar-refractivity contribution in [2.45, 2.75) is 37.1 Å². The van der Waals surface area contributed by atoms with Gasteiger partial charge in [0.2, 0.25) is 12.2 Å². The van der Waals surface area contributed by atoms with E-state index in [2.05, 4.69) is 5.32 Å². The van der Waals surface area contributed by atoms with Crippen LogP contribution in [0.4, 0.5) is 0 Å². The van der Waals surface area contributed by atoms with Gasteiger partial charge >= 0.3 is 0 Å². The number of hydrogen-bond donors (Lipinski definition) is 6. The molecule has 0 aliphatic carbocycles. The van der Waals surface area contributed by atoms with Gasteiger partial charge in [-0.2, -0.15) is 0 Å². The largest absolute Gasteiger partial charge is 0.504 e. The van der Waals surface area contributed by atoms with Crippen molar-refractivity contribution in [3.05, 3.63) is 53.6 Å². The van der Waals surface area contributed by atoms with Crippen molar-refractivity contribution in [1.82, 2.24) is 5.32 Å². The first-order valence-corrected chi connectivity index (χ1v) is 11.2. The fourth-order valence-corrected chi connectivity index (χ4v) is 3.61. The van der Waals surface area contributed by atoms with Gasteiger partial charge in [0.25, 0.3) is 0 Å². The molecular weight excluding hydrogens is 474 g/mol. The summed E-state index contributed by atoms with van der Waals surface area (Å²) < 4.78 is 21.4. The average Bonchev–Trinajstić information content (AvgIpc) is 2.89. The van der Waals surface area contributed by atoms with E-state index in [4.69, 9.17) is 18.9 Å². The monoisotopic (exact) mass is 505 g/mol. The maximum absolute atomic E-state index is 12.1. The summed E-state index contributed by atoms with van der Waals surface area (Å²) in [7, 11) is 2.88. The lowest BCUT2D eigenvalue weighted by molar-refractivity contribution is -0.277. The number of carbonyl (C=O) groups excluding carboxylic acids is 1. The van der Waals surface area contributed by atoms with Crippen LogP contribution in [0.15, 0.2) is 42.5 Å². The van der Waals surface area contributed by atoms with Crippen molar-refractivity contribution in [2.75, 3.05) is 27.4 Å². The van der Waals surface area contributed by atoms with Crippen molar-refractivity contribution in [3.63, 3.8) is 0 Å². The molecule has 3 rings (SSSR count). The van der Waals surface area contributed by atoms with Crippen molar-refractivity contribution >= 4 is 12.0 Å². The van der Waals surface area contributed by atoms with E-state index in [1.165, 1.54) is 26.4 Å². The van der Waals surface area contributed by atoms with E-state index in [1.54, 1.807) is 36.4 Å². The second-order valence-corrected chi connectivity index (χ2v) is 8.11. The van der Waals surface area contributed by atoms with E-state index in [1.807, 2.05) is 0 Å². The molecule has 0 radical (unpaired) electrons. The van der Waals surface area contributed by atoms with Gasteiger partial charge in [0.15, 0.2) is 23.0 Å². The lowest BCUT2D eigenvalue weighted by Crippen LogP contribution is -2.60. The maximum atomic E-state index is 12.1. The number of benzene rings is 2. The number of phenols is 1. The van der Waals surface area contributed by atoms with Crippen LogP contribution in [-0.2, 0) is 16.0 Å². The molecule has 0 spiro atoms. The molecule has 2 aromatic carbocycles. The molecule has 1 amide bonds. The zero-order chi connectivity index (χ0) is 26.2. The van der Waals surface area contributed by atoms with Crippen molar-refractivity contribution in [2.24, 2.45) is 0 Å². The Bertz CT molecular complexity index is 1060. The Balaban J connectivity index is 1.55. The normalized spacial score (nSPS) is 23.9. The number of nitrogens with one attached hydrogen (secondary N) is 1. The lowest BCUT2D eigenvalue weighted by atomic mass is 9.99. The van der Waals surface area contributed by atoms with E-state index in [0.29, 0.717) is 30.0 Å². The van der Waals surface area contributed by atoms with Crippen LogP contribution in [0.5, 0.6) is 23.0 Å². The molecule has 36 heavy (non-hydrogen) atoms. The minimum atomic E-state index is -1.56. The molecule has 5 atom stereocenters. The first-order chi connectivity index (χ1) is 17.3. The Morgan fingerprint density at radius 2 is 1.75 bits per heavy atom. The molecule has 1 aliphatic rings. The molecule has 11 nitrogen and oxygen atoms in total. The van der Waals surface area contributed by atoms with E-state index >= 15 is 0 Å². The number of methoxy groups -OCH3 is 2. The fourth-order valence-electron chi connectivity index (χ4n) is 3.61. The SMILES string of the molecule is COc1cc(/C=C/C(=O)NCCc2ccc(O[C@@H]3O[C@H](CO)[C@@H](O)[C@H](O)[C@H]3O)c(OC)c2)ccc1O. The standard InChI is InChI=1S/C25H31NO10/c1-33-18-11-14(3-6-16(18)28)5-8-21(29)26-10-9-15-4-7-17(19(12-15)34-2)35-25-24(32)23(31)22(30)20(13-27)36-25/h3-8,11-12,20,22-25,27-28,30-32H,9-10,13H2,1-2H3,(H,26,29)/b8-5+/t20-,22-,23+,24-,25-/m1/s1. The number of phenolic OH excluding ortho intramolecular Hbond substituents is 1. The molecular formula is C25H31NO10. The number of amides is 1. The Morgan fingerprint density at radius 3 is 2.44 bits per heavy atom. The molecule has 0 unspecified atom stereocenters. The minimum Gasteiger partial charge on any atom is -0.504 e. The van der Waals surface area contributed by atoms with Gasteiger partial charge in [-0.15, -0.1) is 0 Å². The van der Waals surface area contributed by atoms with Gasteiger partial charge in [-0.1, -0.05) is 12.1 Å². The third kappa shape index (κ3) is 6.65. The second kappa shape index (κ2) is 12.6. The molecule has 1 saturated heterocycles. The third-order valence-electron chi connectivity index (χ3n) is 5.66. The van der Waals surface area contributed by atoms with Crippen molar-refractivity contribution in [1.29, 1.82) is 0 Å². The maximum Gasteiger partial charge on any atom is 0.244 e. The zero-order valence-corrected chi connectivity index (χ0v) is 19.9. The Kier molecular flexibility index (Phi) is 9.51. The van der Waals surface area contributed by atoms with Crippen LogP contribution in [0.2, 0.25) is 0 Å². The molecule has 1 heterocycles. The van der Waals surface area contributed by atoms with Crippen LogP contribution in [0.3, 0.4) is 0 Å². The smallest absolute Gasteiger partial charge is 0.244 e. The topological polar surface area (TPSA) is 167 Å². The minimum absolute atomic E-state index is 0.0131. The predicted molar refractivity (Wildman–Crippen MR) is 128 cm³/mol.